The van der Waals surface area contributed by atoms with E-state index in [0.29, 0.717) is 18.4 Å². The molecule has 0 aromatic heterocycles. The summed E-state index contributed by atoms with van der Waals surface area (Å²) in [6.45, 7) is 2.53. The van der Waals surface area contributed by atoms with E-state index in [-0.39, 0.29) is 38.8 Å². The third-order valence-corrected chi connectivity index (χ3v) is 7.70. The Labute approximate surface area is 306 Å². The van der Waals surface area contributed by atoms with Crippen molar-refractivity contribution in [3.63, 3.8) is 0 Å². The molecule has 0 unspecified atom stereocenters. The molecule has 0 radical (unpaired) electrons. The first-order valence-corrected chi connectivity index (χ1v) is 16.9. The highest BCUT2D eigenvalue weighted by atomic mass is 16.4. The topological polar surface area (TPSA) is 344 Å². The average Bonchev–Trinajstić information content (AvgIpc) is 3.09. The normalized spacial score (nSPS) is 13.6. The fourth-order valence-corrected chi connectivity index (χ4v) is 4.84. The van der Waals surface area contributed by atoms with Crippen LogP contribution < -0.4 is 49.1 Å². The first kappa shape index (κ1) is 45.4. The van der Waals surface area contributed by atoms with E-state index in [1.54, 1.807) is 44.2 Å². The molecule has 1 aromatic rings. The zero-order valence-electron chi connectivity index (χ0n) is 29.7. The Balaban J connectivity index is 3.24. The first-order chi connectivity index (χ1) is 25.0. The van der Waals surface area contributed by atoms with E-state index < -0.39 is 102 Å². The van der Waals surface area contributed by atoms with Crippen LogP contribution in [0.1, 0.15) is 57.9 Å². The van der Waals surface area contributed by atoms with E-state index in [9.17, 15) is 53.4 Å². The monoisotopic (exact) mass is 749 g/mol. The average molecular weight is 750 g/mol. The van der Waals surface area contributed by atoms with Crippen molar-refractivity contribution in [1.29, 1.82) is 0 Å². The number of nitrogens with two attached hydrogens (primary N) is 3. The molecule has 0 fully saturated rings. The van der Waals surface area contributed by atoms with Crippen molar-refractivity contribution < 1.29 is 53.4 Å². The highest BCUT2D eigenvalue weighted by molar-refractivity contribution is 5.97. The van der Waals surface area contributed by atoms with Crippen molar-refractivity contribution in [3.8, 4) is 0 Å². The minimum absolute atomic E-state index is 0.0153. The van der Waals surface area contributed by atoms with Gasteiger partial charge in [-0.15, -0.1) is 0 Å². The summed E-state index contributed by atoms with van der Waals surface area (Å²) in [6, 6.07) is 1.30. The van der Waals surface area contributed by atoms with Crippen LogP contribution in [0.5, 0.6) is 0 Å². The lowest BCUT2D eigenvalue weighted by atomic mass is 10.00. The van der Waals surface area contributed by atoms with Gasteiger partial charge in [-0.3, -0.25) is 38.4 Å². The maximum absolute atomic E-state index is 13.6. The Morgan fingerprint density at radius 1 is 0.679 bits per heavy atom. The fraction of sp³-hybridized carbons (Fsp3) is 0.545. The smallest absolute Gasteiger partial charge is 0.326 e. The summed E-state index contributed by atoms with van der Waals surface area (Å²) in [5.41, 5.74) is 16.5. The van der Waals surface area contributed by atoms with Gasteiger partial charge in [0.15, 0.2) is 0 Å². The number of rotatable bonds is 25. The predicted molar refractivity (Wildman–Crippen MR) is 188 cm³/mol. The number of nitrogens with one attached hydrogen (secondary N) is 6. The number of carbonyl (C=O) groups is 9. The minimum Gasteiger partial charge on any atom is -0.481 e. The van der Waals surface area contributed by atoms with Gasteiger partial charge in [-0.2, -0.15) is 0 Å². The molecule has 1 rings (SSSR count). The molecular weight excluding hydrogens is 698 g/mol. The van der Waals surface area contributed by atoms with Gasteiger partial charge >= 0.3 is 11.9 Å². The number of carboxylic acid groups (broad SMARTS) is 2. The van der Waals surface area contributed by atoms with Crippen LogP contribution in [0.25, 0.3) is 0 Å². The Hall–Kier alpha value is -5.63. The predicted octanol–water partition coefficient (Wildman–Crippen LogP) is -3.66. The molecule has 294 valence electrons. The maximum Gasteiger partial charge on any atom is 0.326 e. The van der Waals surface area contributed by atoms with Gasteiger partial charge in [0.05, 0.1) is 19.5 Å². The lowest BCUT2D eigenvalue weighted by Crippen LogP contribution is -2.60. The summed E-state index contributed by atoms with van der Waals surface area (Å²) < 4.78 is 0. The molecule has 20 heteroatoms. The number of aliphatic carboxylic acids is 2. The van der Waals surface area contributed by atoms with Gasteiger partial charge in [0.1, 0.15) is 30.2 Å². The Morgan fingerprint density at radius 3 is 1.81 bits per heavy atom. The van der Waals surface area contributed by atoms with E-state index in [1.807, 2.05) is 0 Å². The van der Waals surface area contributed by atoms with Gasteiger partial charge in [-0.25, -0.2) is 4.79 Å². The number of benzene rings is 1. The fourth-order valence-electron chi connectivity index (χ4n) is 4.84. The van der Waals surface area contributed by atoms with E-state index in [4.69, 9.17) is 17.2 Å². The summed E-state index contributed by atoms with van der Waals surface area (Å²) in [7, 11) is 0. The molecular formula is C33H51N9O11. The molecule has 0 bridgehead atoms. The molecule has 0 spiro atoms. The van der Waals surface area contributed by atoms with Gasteiger partial charge in [-0.05, 0) is 43.7 Å². The molecule has 53 heavy (non-hydrogen) atoms. The van der Waals surface area contributed by atoms with Crippen LogP contribution in [0, 0.1) is 5.92 Å². The zero-order valence-corrected chi connectivity index (χ0v) is 29.7. The van der Waals surface area contributed by atoms with Gasteiger partial charge in [-0.1, -0.05) is 44.2 Å². The molecule has 0 aliphatic rings. The van der Waals surface area contributed by atoms with Crippen LogP contribution in [0.3, 0.4) is 0 Å². The first-order valence-electron chi connectivity index (χ1n) is 16.9. The van der Waals surface area contributed by atoms with Crippen molar-refractivity contribution in [2.24, 2.45) is 23.1 Å². The maximum atomic E-state index is 13.6. The molecule has 0 saturated carbocycles. The highest BCUT2D eigenvalue weighted by Gasteiger charge is 2.34. The lowest BCUT2D eigenvalue weighted by molar-refractivity contribution is -0.143. The number of unbranched alkanes of at least 4 members (excludes halogenated alkanes) is 1. The molecule has 1 aromatic carbocycles. The standard InChI is InChI=1S/C33H51N9O11/c1-18(2)28(42-31(50)22(14-19-8-4-3-5-9-19)38-26(45)17-37-25(44)16-35)32(51)41-23(15-27(46)47)30(49)39-20(10-6-7-13-34)29(48)40-21(33(52)53)11-12-24(36)43/h3-5,8-9,18,20-23,28H,6-7,10-17,34-35H2,1-2H3,(H2,36,43)(H,37,44)(H,38,45)(H,39,49)(H,40,48)(H,41,51)(H,42,50)(H,46,47)(H,52,53)/t20-,21-,22-,23-,28-/m0/s1. The van der Waals surface area contributed by atoms with Gasteiger partial charge in [0.25, 0.3) is 0 Å². The highest BCUT2D eigenvalue weighted by Crippen LogP contribution is 2.09. The summed E-state index contributed by atoms with van der Waals surface area (Å²) in [6.07, 6.45) is -0.966. The van der Waals surface area contributed by atoms with E-state index >= 15 is 0 Å². The van der Waals surface area contributed by atoms with Crippen molar-refractivity contribution in [3.05, 3.63) is 35.9 Å². The Bertz CT molecular complexity index is 1440. The zero-order chi connectivity index (χ0) is 40.1. The van der Waals surface area contributed by atoms with E-state index in [0.717, 1.165) is 0 Å². The summed E-state index contributed by atoms with van der Waals surface area (Å²) in [4.78, 5) is 112. The molecule has 14 N–H and O–H groups in total. The van der Waals surface area contributed by atoms with Crippen molar-refractivity contribution in [1.82, 2.24) is 31.9 Å². The SMILES string of the molecule is CC(C)[C@H](NC(=O)[C@H](Cc1ccccc1)NC(=O)CNC(=O)CN)C(=O)N[C@@H](CC(=O)O)C(=O)N[C@@H](CCCCN)C(=O)N[C@@H](CCC(N)=O)C(=O)O. The molecule has 20 nitrogen and oxygen atoms in total. The third-order valence-electron chi connectivity index (χ3n) is 7.70. The molecule has 7 amide bonds. The second-order valence-corrected chi connectivity index (χ2v) is 12.4. The number of carboxylic acids is 2. The quantitative estimate of drug-likeness (QED) is 0.0430. The van der Waals surface area contributed by atoms with Crippen LogP contribution in [0.4, 0.5) is 0 Å². The second kappa shape index (κ2) is 23.8. The van der Waals surface area contributed by atoms with Crippen LogP contribution in [-0.4, -0.2) is 113 Å². The number of primary amides is 1. The molecule has 0 aliphatic heterocycles. The van der Waals surface area contributed by atoms with Gasteiger partial charge in [0.2, 0.25) is 41.4 Å². The largest absolute Gasteiger partial charge is 0.481 e. The number of carbonyl (C=O) groups excluding carboxylic acids is 7. The summed E-state index contributed by atoms with van der Waals surface area (Å²) in [5, 5.41) is 33.3. The lowest BCUT2D eigenvalue weighted by Gasteiger charge is -2.28. The molecule has 0 saturated heterocycles. The summed E-state index contributed by atoms with van der Waals surface area (Å²) >= 11 is 0. The number of hydrogen-bond acceptors (Lipinski definition) is 11. The van der Waals surface area contributed by atoms with Gasteiger partial charge < -0.3 is 59.3 Å². The van der Waals surface area contributed by atoms with E-state index in [2.05, 4.69) is 31.9 Å². The van der Waals surface area contributed by atoms with Crippen LogP contribution in [0.2, 0.25) is 0 Å². The van der Waals surface area contributed by atoms with Crippen molar-refractivity contribution >= 4 is 53.3 Å². The minimum atomic E-state index is -1.76. The Morgan fingerprint density at radius 2 is 1.26 bits per heavy atom. The van der Waals surface area contributed by atoms with Crippen molar-refractivity contribution in [2.75, 3.05) is 19.6 Å². The van der Waals surface area contributed by atoms with Crippen LogP contribution >= 0.6 is 0 Å². The third kappa shape index (κ3) is 17.9. The van der Waals surface area contributed by atoms with Crippen LogP contribution in [0.15, 0.2) is 30.3 Å². The van der Waals surface area contributed by atoms with Gasteiger partial charge in [0, 0.05) is 12.8 Å². The Kier molecular flexibility index (Phi) is 20.4. The molecule has 5 atom stereocenters. The number of hydrogen-bond donors (Lipinski definition) is 11. The molecule has 0 heterocycles. The number of amides is 7. The van der Waals surface area contributed by atoms with Crippen LogP contribution in [-0.2, 0) is 49.6 Å². The second-order valence-electron chi connectivity index (χ2n) is 12.4. The van der Waals surface area contributed by atoms with E-state index in [1.165, 1.54) is 0 Å². The molecule has 0 aliphatic carbocycles. The summed E-state index contributed by atoms with van der Waals surface area (Å²) in [5.74, 6) is -9.53. The van der Waals surface area contributed by atoms with Crippen molar-refractivity contribution in [2.45, 2.75) is 89.0 Å².